The van der Waals surface area contributed by atoms with Gasteiger partial charge in [0.15, 0.2) is 0 Å². The fourth-order valence-electron chi connectivity index (χ4n) is 1.91. The summed E-state index contributed by atoms with van der Waals surface area (Å²) in [4.78, 5) is 23.7. The van der Waals surface area contributed by atoms with Gasteiger partial charge in [-0.2, -0.15) is 0 Å². The molecule has 0 spiro atoms. The molecule has 1 unspecified atom stereocenters. The van der Waals surface area contributed by atoms with Crippen LogP contribution in [0.15, 0.2) is 24.3 Å². The van der Waals surface area contributed by atoms with Crippen LogP contribution in [0.5, 0.6) is 0 Å². The van der Waals surface area contributed by atoms with E-state index in [2.05, 4.69) is 17.6 Å². The summed E-state index contributed by atoms with van der Waals surface area (Å²) in [5, 5.41) is 5.28. The second-order valence-corrected chi connectivity index (χ2v) is 6.69. The quantitative estimate of drug-likeness (QED) is 0.640. The van der Waals surface area contributed by atoms with Crippen molar-refractivity contribution in [2.45, 2.75) is 44.8 Å². The first kappa shape index (κ1) is 19.5. The van der Waals surface area contributed by atoms with Crippen LogP contribution in [0.4, 0.5) is 10.1 Å². The van der Waals surface area contributed by atoms with Gasteiger partial charge in [0.25, 0.3) is 0 Å². The zero-order chi connectivity index (χ0) is 17.1. The first-order chi connectivity index (χ1) is 11.0. The van der Waals surface area contributed by atoms with Crippen LogP contribution < -0.4 is 10.6 Å². The molecular formula is C17H25FN2O2S. The van der Waals surface area contributed by atoms with E-state index in [1.807, 2.05) is 0 Å². The molecule has 0 saturated carbocycles. The Morgan fingerprint density at radius 3 is 2.52 bits per heavy atom. The lowest BCUT2D eigenvalue weighted by Crippen LogP contribution is -2.32. The molecule has 0 aliphatic rings. The normalized spacial score (nSPS) is 11.8. The number of benzene rings is 1. The molecule has 0 aromatic heterocycles. The minimum Gasteiger partial charge on any atom is -0.355 e. The van der Waals surface area contributed by atoms with E-state index in [0.717, 1.165) is 12.8 Å². The van der Waals surface area contributed by atoms with Crippen molar-refractivity contribution in [2.24, 2.45) is 0 Å². The van der Waals surface area contributed by atoms with Gasteiger partial charge in [0.05, 0.1) is 11.0 Å². The minimum absolute atomic E-state index is 0.0407. The van der Waals surface area contributed by atoms with Crippen molar-refractivity contribution < 1.29 is 14.0 Å². The predicted molar refractivity (Wildman–Crippen MR) is 94.1 cm³/mol. The van der Waals surface area contributed by atoms with Crippen LogP contribution in [0, 0.1) is 5.82 Å². The summed E-state index contributed by atoms with van der Waals surface area (Å²) >= 11 is 1.29. The van der Waals surface area contributed by atoms with E-state index >= 15 is 0 Å². The highest BCUT2D eigenvalue weighted by Crippen LogP contribution is 2.13. The zero-order valence-electron chi connectivity index (χ0n) is 13.7. The van der Waals surface area contributed by atoms with Crippen LogP contribution in [0.25, 0.3) is 0 Å². The topological polar surface area (TPSA) is 58.2 Å². The maximum atomic E-state index is 12.8. The summed E-state index contributed by atoms with van der Waals surface area (Å²) in [5.74, 6) is -0.409. The lowest BCUT2D eigenvalue weighted by Gasteiger charge is -2.12. The van der Waals surface area contributed by atoms with Gasteiger partial charge < -0.3 is 10.6 Å². The molecule has 1 aromatic carbocycles. The van der Waals surface area contributed by atoms with E-state index < -0.39 is 0 Å². The Balaban J connectivity index is 2.20. The Morgan fingerprint density at radius 2 is 1.87 bits per heavy atom. The molecule has 1 rings (SSSR count). The van der Waals surface area contributed by atoms with E-state index in [1.165, 1.54) is 48.9 Å². The first-order valence-electron chi connectivity index (χ1n) is 7.97. The van der Waals surface area contributed by atoms with Crippen LogP contribution in [-0.4, -0.2) is 29.4 Å². The van der Waals surface area contributed by atoms with Crippen LogP contribution >= 0.6 is 11.8 Å². The highest BCUT2D eigenvalue weighted by molar-refractivity contribution is 8.01. The van der Waals surface area contributed by atoms with Crippen LogP contribution in [0.1, 0.15) is 39.5 Å². The van der Waals surface area contributed by atoms with Crippen molar-refractivity contribution in [2.75, 3.05) is 17.6 Å². The average Bonchev–Trinajstić information content (AvgIpc) is 2.54. The van der Waals surface area contributed by atoms with Crippen LogP contribution in [-0.2, 0) is 9.59 Å². The summed E-state index contributed by atoms with van der Waals surface area (Å²) in [6.07, 6.45) is 4.47. The second kappa shape index (κ2) is 11.0. The molecule has 4 nitrogen and oxygen atoms in total. The molecule has 1 atom stereocenters. The van der Waals surface area contributed by atoms with Gasteiger partial charge in [-0.3, -0.25) is 9.59 Å². The Morgan fingerprint density at radius 1 is 1.17 bits per heavy atom. The van der Waals surface area contributed by atoms with E-state index in [9.17, 15) is 14.0 Å². The fraction of sp³-hybridized carbons (Fsp3) is 0.529. The van der Waals surface area contributed by atoms with E-state index in [1.54, 1.807) is 6.92 Å². The summed E-state index contributed by atoms with van der Waals surface area (Å²) in [5.41, 5.74) is 0.546. The number of anilines is 1. The van der Waals surface area contributed by atoms with Crippen molar-refractivity contribution in [3.63, 3.8) is 0 Å². The Hall–Kier alpha value is -1.56. The third-order valence-electron chi connectivity index (χ3n) is 3.29. The number of rotatable bonds is 10. The second-order valence-electron chi connectivity index (χ2n) is 5.36. The molecule has 0 radical (unpaired) electrons. The highest BCUT2D eigenvalue weighted by atomic mass is 32.2. The van der Waals surface area contributed by atoms with Gasteiger partial charge in [-0.1, -0.05) is 26.2 Å². The van der Waals surface area contributed by atoms with Crippen molar-refractivity contribution in [3.8, 4) is 0 Å². The largest absolute Gasteiger partial charge is 0.355 e. The molecule has 128 valence electrons. The molecule has 0 saturated heterocycles. The molecule has 1 aromatic rings. The lowest BCUT2D eigenvalue weighted by molar-refractivity contribution is -0.120. The Labute approximate surface area is 141 Å². The molecule has 6 heteroatoms. The lowest BCUT2D eigenvalue weighted by atomic mass is 10.2. The van der Waals surface area contributed by atoms with Crippen molar-refractivity contribution in [3.05, 3.63) is 30.1 Å². The van der Waals surface area contributed by atoms with Crippen molar-refractivity contribution in [1.29, 1.82) is 0 Å². The summed E-state index contributed by atoms with van der Waals surface area (Å²) < 4.78 is 12.8. The Bertz CT molecular complexity index is 494. The van der Waals surface area contributed by atoms with Crippen LogP contribution in [0.2, 0.25) is 0 Å². The molecular weight excluding hydrogens is 315 g/mol. The number of nitrogens with one attached hydrogen (secondary N) is 2. The number of carbonyl (C=O) groups is 2. The smallest absolute Gasteiger partial charge is 0.234 e. The molecule has 2 amide bonds. The molecule has 0 fully saturated rings. The maximum Gasteiger partial charge on any atom is 0.234 e. The standard InChI is InChI=1S/C17H25FN2O2S/c1-3-4-5-6-11-19-17(22)13(2)23-12-16(21)20-15-9-7-14(18)8-10-15/h7-10,13H,3-6,11-12H2,1-2H3,(H,19,22)(H,20,21). The molecule has 23 heavy (non-hydrogen) atoms. The van der Waals surface area contributed by atoms with Gasteiger partial charge >= 0.3 is 0 Å². The predicted octanol–water partition coefficient (Wildman–Crippen LogP) is 3.58. The number of amides is 2. The SMILES string of the molecule is CCCCCCNC(=O)C(C)SCC(=O)Nc1ccc(F)cc1. The zero-order valence-corrected chi connectivity index (χ0v) is 14.5. The minimum atomic E-state index is -0.346. The average molecular weight is 340 g/mol. The van der Waals surface area contributed by atoms with Gasteiger partial charge in [-0.15, -0.1) is 11.8 Å². The summed E-state index contributed by atoms with van der Waals surface area (Å²) in [7, 11) is 0. The Kier molecular flexibility index (Phi) is 9.36. The summed E-state index contributed by atoms with van der Waals surface area (Å²) in [6, 6.07) is 5.59. The van der Waals surface area contributed by atoms with Crippen molar-refractivity contribution in [1.82, 2.24) is 5.32 Å². The van der Waals surface area contributed by atoms with Crippen LogP contribution in [0.3, 0.4) is 0 Å². The van der Waals surface area contributed by atoms with Gasteiger partial charge in [0.2, 0.25) is 11.8 Å². The summed E-state index contributed by atoms with van der Waals surface area (Å²) in [6.45, 7) is 4.62. The molecule has 0 heterocycles. The number of unbranched alkanes of at least 4 members (excludes halogenated alkanes) is 3. The molecule has 0 aliphatic carbocycles. The molecule has 0 bridgehead atoms. The third kappa shape index (κ3) is 8.59. The third-order valence-corrected chi connectivity index (χ3v) is 4.43. The van der Waals surface area contributed by atoms with Gasteiger partial charge in [-0.25, -0.2) is 4.39 Å². The molecule has 0 aliphatic heterocycles. The van der Waals surface area contributed by atoms with Gasteiger partial charge in [-0.05, 0) is 37.6 Å². The van der Waals surface area contributed by atoms with E-state index in [4.69, 9.17) is 0 Å². The number of hydrogen-bond donors (Lipinski definition) is 2. The highest BCUT2D eigenvalue weighted by Gasteiger charge is 2.14. The number of hydrogen-bond acceptors (Lipinski definition) is 3. The van der Waals surface area contributed by atoms with E-state index in [0.29, 0.717) is 12.2 Å². The first-order valence-corrected chi connectivity index (χ1v) is 9.02. The fourth-order valence-corrected chi connectivity index (χ4v) is 2.62. The van der Waals surface area contributed by atoms with Gasteiger partial charge in [0, 0.05) is 12.2 Å². The van der Waals surface area contributed by atoms with Gasteiger partial charge in [0.1, 0.15) is 5.82 Å². The molecule has 2 N–H and O–H groups in total. The number of carbonyl (C=O) groups excluding carboxylic acids is 2. The monoisotopic (exact) mass is 340 g/mol. The number of thioether (sulfide) groups is 1. The van der Waals surface area contributed by atoms with E-state index in [-0.39, 0.29) is 28.6 Å². The maximum absolute atomic E-state index is 12.8. The van der Waals surface area contributed by atoms with Crippen molar-refractivity contribution >= 4 is 29.3 Å². The number of halogens is 1.